The highest BCUT2D eigenvalue weighted by atomic mass is 19.1. The second-order valence-corrected chi connectivity index (χ2v) is 5.18. The Morgan fingerprint density at radius 1 is 1.04 bits per heavy atom. The average molecular weight is 314 g/mol. The van der Waals surface area contributed by atoms with Crippen molar-refractivity contribution in [3.8, 4) is 0 Å². The molecule has 0 atom stereocenters. The second kappa shape index (κ2) is 8.08. The van der Waals surface area contributed by atoms with Gasteiger partial charge < -0.3 is 10.6 Å². The quantitative estimate of drug-likeness (QED) is 0.773. The molecule has 23 heavy (non-hydrogen) atoms. The van der Waals surface area contributed by atoms with Crippen LogP contribution < -0.4 is 10.6 Å². The van der Waals surface area contributed by atoms with Crippen LogP contribution in [0.4, 0.5) is 10.1 Å². The Bertz CT molecular complexity index is 684. The topological polar surface area (TPSA) is 58.2 Å². The van der Waals surface area contributed by atoms with Gasteiger partial charge in [0.2, 0.25) is 5.91 Å². The molecule has 0 aliphatic carbocycles. The molecule has 0 aliphatic rings. The highest BCUT2D eigenvalue weighted by Gasteiger charge is 2.04. The minimum absolute atomic E-state index is 0.00226. The summed E-state index contributed by atoms with van der Waals surface area (Å²) in [6.45, 7) is 2.01. The molecule has 0 unspecified atom stereocenters. The summed E-state index contributed by atoms with van der Waals surface area (Å²) in [5, 5.41) is 5.71. The molecule has 2 aromatic carbocycles. The van der Waals surface area contributed by atoms with Crippen molar-refractivity contribution >= 4 is 17.4 Å². The van der Waals surface area contributed by atoms with Crippen molar-refractivity contribution in [2.24, 2.45) is 0 Å². The van der Waals surface area contributed by atoms with E-state index in [1.165, 1.54) is 13.0 Å². The smallest absolute Gasteiger partial charge is 0.239 e. The number of carbonyl (C=O) groups excluding carboxylic acids is 2. The standard InChI is InChI=1S/C18H19FN2O2/c1-13(22)14-6-8-16(9-7-14)21-12-18(23)20-11-10-15-4-2-3-5-17(15)19/h2-9,21H,10-12H2,1H3,(H,20,23). The highest BCUT2D eigenvalue weighted by Crippen LogP contribution is 2.09. The average Bonchev–Trinajstić information content (AvgIpc) is 2.55. The lowest BCUT2D eigenvalue weighted by molar-refractivity contribution is -0.119. The van der Waals surface area contributed by atoms with Crippen LogP contribution in [0.3, 0.4) is 0 Å². The number of hydrogen-bond acceptors (Lipinski definition) is 3. The van der Waals surface area contributed by atoms with Gasteiger partial charge in [0.1, 0.15) is 5.82 Å². The molecule has 0 fully saturated rings. The van der Waals surface area contributed by atoms with Gasteiger partial charge in [-0.2, -0.15) is 0 Å². The van der Waals surface area contributed by atoms with Crippen LogP contribution in [0.1, 0.15) is 22.8 Å². The number of benzene rings is 2. The first-order chi connectivity index (χ1) is 11.1. The molecule has 1 amide bonds. The van der Waals surface area contributed by atoms with E-state index in [0.29, 0.717) is 24.1 Å². The summed E-state index contributed by atoms with van der Waals surface area (Å²) >= 11 is 0. The molecule has 0 aliphatic heterocycles. The van der Waals surface area contributed by atoms with Gasteiger partial charge in [-0.3, -0.25) is 9.59 Å². The maximum Gasteiger partial charge on any atom is 0.239 e. The monoisotopic (exact) mass is 314 g/mol. The fourth-order valence-corrected chi connectivity index (χ4v) is 2.11. The van der Waals surface area contributed by atoms with Gasteiger partial charge in [0, 0.05) is 17.8 Å². The SMILES string of the molecule is CC(=O)c1ccc(NCC(=O)NCCc2ccccc2F)cc1. The fourth-order valence-electron chi connectivity index (χ4n) is 2.11. The molecule has 2 N–H and O–H groups in total. The Hall–Kier alpha value is -2.69. The molecule has 2 aromatic rings. The molecule has 0 saturated carbocycles. The molecular formula is C18H19FN2O2. The van der Waals surface area contributed by atoms with Crippen molar-refractivity contribution in [1.29, 1.82) is 0 Å². The molecule has 0 heterocycles. The van der Waals surface area contributed by atoms with Gasteiger partial charge in [0.25, 0.3) is 0 Å². The summed E-state index contributed by atoms with van der Waals surface area (Å²) in [5.41, 5.74) is 1.98. The van der Waals surface area contributed by atoms with Crippen molar-refractivity contribution in [2.75, 3.05) is 18.4 Å². The Labute approximate surface area is 134 Å². The predicted octanol–water partition coefficient (Wildman–Crippen LogP) is 2.80. The third-order valence-corrected chi connectivity index (χ3v) is 3.42. The molecule has 0 aromatic heterocycles. The number of carbonyl (C=O) groups is 2. The molecule has 4 nitrogen and oxygen atoms in total. The zero-order valence-corrected chi connectivity index (χ0v) is 12.9. The summed E-state index contributed by atoms with van der Waals surface area (Å²) in [6.07, 6.45) is 0.450. The summed E-state index contributed by atoms with van der Waals surface area (Å²) in [7, 11) is 0. The first kappa shape index (κ1) is 16.7. The van der Waals surface area contributed by atoms with Gasteiger partial charge in [-0.15, -0.1) is 0 Å². The molecule has 2 rings (SSSR count). The van der Waals surface area contributed by atoms with Gasteiger partial charge in [-0.05, 0) is 49.2 Å². The van der Waals surface area contributed by atoms with Crippen LogP contribution in [-0.4, -0.2) is 24.8 Å². The lowest BCUT2D eigenvalue weighted by atomic mass is 10.1. The van der Waals surface area contributed by atoms with Crippen molar-refractivity contribution in [3.05, 3.63) is 65.5 Å². The first-order valence-electron chi connectivity index (χ1n) is 7.41. The van der Waals surface area contributed by atoms with Crippen molar-refractivity contribution < 1.29 is 14.0 Å². The van der Waals surface area contributed by atoms with E-state index < -0.39 is 0 Å². The minimum atomic E-state index is -0.259. The third kappa shape index (κ3) is 5.21. The lowest BCUT2D eigenvalue weighted by Gasteiger charge is -2.08. The Kier molecular flexibility index (Phi) is 5.86. The van der Waals surface area contributed by atoms with Crippen LogP contribution in [0.15, 0.2) is 48.5 Å². The van der Waals surface area contributed by atoms with Crippen molar-refractivity contribution in [1.82, 2.24) is 5.32 Å². The molecule has 0 spiro atoms. The molecule has 0 bridgehead atoms. The fraction of sp³-hybridized carbons (Fsp3) is 0.222. The Morgan fingerprint density at radius 2 is 1.74 bits per heavy atom. The number of rotatable bonds is 7. The van der Waals surface area contributed by atoms with E-state index in [2.05, 4.69) is 10.6 Å². The van der Waals surface area contributed by atoms with Crippen LogP contribution in [0.2, 0.25) is 0 Å². The molecule has 0 saturated heterocycles. The summed E-state index contributed by atoms with van der Waals surface area (Å²) in [4.78, 5) is 22.9. The molecular weight excluding hydrogens is 295 g/mol. The Balaban J connectivity index is 1.73. The maximum atomic E-state index is 13.4. The van der Waals surface area contributed by atoms with Crippen LogP contribution in [0.25, 0.3) is 0 Å². The third-order valence-electron chi connectivity index (χ3n) is 3.42. The van der Waals surface area contributed by atoms with Gasteiger partial charge in [0.15, 0.2) is 5.78 Å². The van der Waals surface area contributed by atoms with Gasteiger partial charge >= 0.3 is 0 Å². The van der Waals surface area contributed by atoms with Crippen LogP contribution in [0, 0.1) is 5.82 Å². The normalized spacial score (nSPS) is 10.2. The van der Waals surface area contributed by atoms with Crippen LogP contribution in [0.5, 0.6) is 0 Å². The van der Waals surface area contributed by atoms with Gasteiger partial charge in [-0.1, -0.05) is 18.2 Å². The number of amides is 1. The number of anilines is 1. The zero-order valence-electron chi connectivity index (χ0n) is 12.9. The van der Waals surface area contributed by atoms with Gasteiger partial charge in [0.05, 0.1) is 6.54 Å². The summed E-state index contributed by atoms with van der Waals surface area (Å²) in [6, 6.07) is 13.4. The van der Waals surface area contributed by atoms with Gasteiger partial charge in [-0.25, -0.2) is 4.39 Å². The Morgan fingerprint density at radius 3 is 2.39 bits per heavy atom. The minimum Gasteiger partial charge on any atom is -0.376 e. The van der Waals surface area contributed by atoms with E-state index in [0.717, 1.165) is 5.69 Å². The predicted molar refractivity (Wildman–Crippen MR) is 88.0 cm³/mol. The number of halogens is 1. The van der Waals surface area contributed by atoms with E-state index in [1.54, 1.807) is 42.5 Å². The molecule has 0 radical (unpaired) electrons. The zero-order chi connectivity index (χ0) is 16.7. The van der Waals surface area contributed by atoms with E-state index >= 15 is 0 Å². The number of nitrogens with one attached hydrogen (secondary N) is 2. The van der Waals surface area contributed by atoms with Crippen molar-refractivity contribution in [2.45, 2.75) is 13.3 Å². The number of Topliss-reactive ketones (excluding diaryl/α,β-unsaturated/α-hetero) is 1. The summed E-state index contributed by atoms with van der Waals surface area (Å²) < 4.78 is 13.4. The van der Waals surface area contributed by atoms with E-state index in [-0.39, 0.29) is 24.1 Å². The lowest BCUT2D eigenvalue weighted by Crippen LogP contribution is -2.31. The largest absolute Gasteiger partial charge is 0.376 e. The van der Waals surface area contributed by atoms with E-state index in [9.17, 15) is 14.0 Å². The maximum absolute atomic E-state index is 13.4. The van der Waals surface area contributed by atoms with E-state index in [1.807, 2.05) is 0 Å². The first-order valence-corrected chi connectivity index (χ1v) is 7.41. The van der Waals surface area contributed by atoms with Crippen LogP contribution in [-0.2, 0) is 11.2 Å². The van der Waals surface area contributed by atoms with Crippen molar-refractivity contribution in [3.63, 3.8) is 0 Å². The second-order valence-electron chi connectivity index (χ2n) is 5.18. The summed E-state index contributed by atoms with van der Waals surface area (Å²) in [5.74, 6) is -0.426. The molecule has 120 valence electrons. The van der Waals surface area contributed by atoms with Crippen LogP contribution >= 0.6 is 0 Å². The number of ketones is 1. The molecule has 5 heteroatoms. The highest BCUT2D eigenvalue weighted by molar-refractivity contribution is 5.94. The van der Waals surface area contributed by atoms with E-state index in [4.69, 9.17) is 0 Å². The number of hydrogen-bond donors (Lipinski definition) is 2.